The third kappa shape index (κ3) is 5.17. The van der Waals surface area contributed by atoms with Crippen molar-refractivity contribution in [2.45, 2.75) is 26.3 Å². The second kappa shape index (κ2) is 9.97. The standard InChI is InChI=1S/C29H28N4O2/c1-20-18-27(25-8-4-5-9-26(25)31-20)32-29(35)28(34)30-16-14-21-10-12-24(13-11-21)33-17-15-22-6-2-3-7-23(22)19-33/h2-13,18H,14-17,19H2,1H3,(H,30,34)(H,31,32,35). The van der Waals surface area contributed by atoms with E-state index in [1.165, 1.54) is 16.8 Å². The number of pyridine rings is 1. The molecule has 5 rings (SSSR count). The molecule has 1 aliphatic rings. The molecule has 0 atom stereocenters. The van der Waals surface area contributed by atoms with Gasteiger partial charge in [0.2, 0.25) is 0 Å². The first-order valence-corrected chi connectivity index (χ1v) is 11.9. The van der Waals surface area contributed by atoms with Crippen LogP contribution >= 0.6 is 0 Å². The molecular weight excluding hydrogens is 436 g/mol. The molecule has 0 aliphatic carbocycles. The molecule has 1 aromatic heterocycles. The molecule has 4 aromatic rings. The average molecular weight is 465 g/mol. The molecule has 0 bridgehead atoms. The average Bonchev–Trinajstić information content (AvgIpc) is 2.88. The van der Waals surface area contributed by atoms with Crippen LogP contribution in [-0.4, -0.2) is 29.9 Å². The number of fused-ring (bicyclic) bond motifs is 2. The topological polar surface area (TPSA) is 74.3 Å². The van der Waals surface area contributed by atoms with E-state index in [1.807, 2.05) is 31.2 Å². The molecule has 2 amide bonds. The summed E-state index contributed by atoms with van der Waals surface area (Å²) in [5, 5.41) is 6.26. The number of aromatic nitrogens is 1. The van der Waals surface area contributed by atoms with Gasteiger partial charge in [0.1, 0.15) is 0 Å². The van der Waals surface area contributed by atoms with E-state index in [1.54, 1.807) is 6.07 Å². The van der Waals surface area contributed by atoms with Crippen molar-refractivity contribution < 1.29 is 9.59 Å². The van der Waals surface area contributed by atoms with E-state index >= 15 is 0 Å². The van der Waals surface area contributed by atoms with Crippen LogP contribution in [0.15, 0.2) is 78.9 Å². The summed E-state index contributed by atoms with van der Waals surface area (Å²) in [6, 6.07) is 26.4. The summed E-state index contributed by atoms with van der Waals surface area (Å²) < 4.78 is 0. The molecule has 6 nitrogen and oxygen atoms in total. The Bertz CT molecular complexity index is 1380. The van der Waals surface area contributed by atoms with Gasteiger partial charge in [-0.3, -0.25) is 14.6 Å². The van der Waals surface area contributed by atoms with E-state index < -0.39 is 11.8 Å². The number of nitrogens with one attached hydrogen (secondary N) is 2. The Morgan fingerprint density at radius 2 is 1.66 bits per heavy atom. The minimum absolute atomic E-state index is 0.388. The van der Waals surface area contributed by atoms with Crippen LogP contribution in [0.2, 0.25) is 0 Å². The molecule has 0 radical (unpaired) electrons. The lowest BCUT2D eigenvalue weighted by atomic mass is 9.99. The summed E-state index contributed by atoms with van der Waals surface area (Å²) >= 11 is 0. The second-order valence-electron chi connectivity index (χ2n) is 8.90. The highest BCUT2D eigenvalue weighted by Crippen LogP contribution is 2.25. The Morgan fingerprint density at radius 3 is 2.49 bits per heavy atom. The molecule has 0 saturated carbocycles. The third-order valence-electron chi connectivity index (χ3n) is 6.43. The van der Waals surface area contributed by atoms with E-state index in [-0.39, 0.29) is 0 Å². The van der Waals surface area contributed by atoms with Crippen LogP contribution in [-0.2, 0) is 29.0 Å². The van der Waals surface area contributed by atoms with Gasteiger partial charge in [0.15, 0.2) is 0 Å². The Kier molecular flexibility index (Phi) is 6.44. The van der Waals surface area contributed by atoms with Gasteiger partial charge in [0, 0.05) is 36.4 Å². The number of hydrogen-bond donors (Lipinski definition) is 2. The first kappa shape index (κ1) is 22.6. The molecule has 0 unspecified atom stereocenters. The predicted molar refractivity (Wildman–Crippen MR) is 139 cm³/mol. The second-order valence-corrected chi connectivity index (χ2v) is 8.90. The molecule has 176 valence electrons. The molecule has 6 heteroatoms. The normalized spacial score (nSPS) is 12.8. The van der Waals surface area contributed by atoms with Crippen LogP contribution in [0.1, 0.15) is 22.4 Å². The van der Waals surface area contributed by atoms with E-state index in [4.69, 9.17) is 0 Å². The number of aryl methyl sites for hydroxylation is 1. The van der Waals surface area contributed by atoms with Gasteiger partial charge in [0.25, 0.3) is 0 Å². The number of carbonyl (C=O) groups is 2. The zero-order valence-electron chi connectivity index (χ0n) is 19.8. The van der Waals surface area contributed by atoms with Gasteiger partial charge >= 0.3 is 11.8 Å². The van der Waals surface area contributed by atoms with E-state index in [0.29, 0.717) is 18.7 Å². The predicted octanol–water partition coefficient (Wildman–Crippen LogP) is 4.40. The largest absolute Gasteiger partial charge is 0.367 e. The molecule has 2 N–H and O–H groups in total. The summed E-state index contributed by atoms with van der Waals surface area (Å²) in [5.74, 6) is -1.33. The van der Waals surface area contributed by atoms with E-state index in [0.717, 1.165) is 41.7 Å². The summed E-state index contributed by atoms with van der Waals surface area (Å²) in [6.07, 6.45) is 1.71. The van der Waals surface area contributed by atoms with Gasteiger partial charge < -0.3 is 15.5 Å². The van der Waals surface area contributed by atoms with E-state index in [9.17, 15) is 9.59 Å². The lowest BCUT2D eigenvalue weighted by Crippen LogP contribution is -2.36. The Hall–Kier alpha value is -4.19. The van der Waals surface area contributed by atoms with Crippen LogP contribution in [0, 0.1) is 6.92 Å². The Labute approximate surface area is 205 Å². The van der Waals surface area contributed by atoms with Crippen molar-refractivity contribution in [3.8, 4) is 0 Å². The zero-order chi connectivity index (χ0) is 24.2. The molecular formula is C29H28N4O2. The minimum atomic E-state index is -0.679. The van der Waals surface area contributed by atoms with Gasteiger partial charge in [-0.1, -0.05) is 54.6 Å². The van der Waals surface area contributed by atoms with Crippen molar-refractivity contribution in [3.05, 3.63) is 101 Å². The summed E-state index contributed by atoms with van der Waals surface area (Å²) in [6.45, 7) is 4.18. The molecule has 0 spiro atoms. The number of para-hydroxylation sites is 1. The third-order valence-corrected chi connectivity index (χ3v) is 6.43. The number of hydrogen-bond acceptors (Lipinski definition) is 4. The SMILES string of the molecule is Cc1cc(NC(=O)C(=O)NCCc2ccc(N3CCc4ccccc4C3)cc2)c2ccccc2n1. The highest BCUT2D eigenvalue weighted by atomic mass is 16.2. The fourth-order valence-corrected chi connectivity index (χ4v) is 4.58. The maximum absolute atomic E-state index is 12.5. The van der Waals surface area contributed by atoms with Crippen molar-refractivity contribution in [2.75, 3.05) is 23.3 Å². The van der Waals surface area contributed by atoms with Crippen molar-refractivity contribution in [2.24, 2.45) is 0 Å². The van der Waals surface area contributed by atoms with Crippen LogP contribution < -0.4 is 15.5 Å². The van der Waals surface area contributed by atoms with Gasteiger partial charge in [-0.05, 0) is 60.7 Å². The Balaban J connectivity index is 1.13. The smallest absolute Gasteiger partial charge is 0.313 e. The minimum Gasteiger partial charge on any atom is -0.367 e. The maximum atomic E-state index is 12.5. The number of rotatable bonds is 5. The van der Waals surface area contributed by atoms with Crippen molar-refractivity contribution in [1.82, 2.24) is 10.3 Å². The van der Waals surface area contributed by atoms with Gasteiger partial charge in [-0.2, -0.15) is 0 Å². The monoisotopic (exact) mass is 464 g/mol. The van der Waals surface area contributed by atoms with Gasteiger partial charge in [-0.25, -0.2) is 0 Å². The molecule has 3 aromatic carbocycles. The zero-order valence-corrected chi connectivity index (χ0v) is 19.8. The first-order chi connectivity index (χ1) is 17.1. The van der Waals surface area contributed by atoms with E-state index in [2.05, 4.69) is 69.0 Å². The van der Waals surface area contributed by atoms with Crippen molar-refractivity contribution in [3.63, 3.8) is 0 Å². The highest BCUT2D eigenvalue weighted by molar-refractivity contribution is 6.40. The van der Waals surface area contributed by atoms with Crippen LogP contribution in [0.3, 0.4) is 0 Å². The Morgan fingerprint density at radius 1 is 0.914 bits per heavy atom. The number of anilines is 2. The number of benzene rings is 3. The lowest BCUT2D eigenvalue weighted by molar-refractivity contribution is -0.136. The number of carbonyl (C=O) groups excluding carboxylic acids is 2. The summed E-state index contributed by atoms with van der Waals surface area (Å²) in [7, 11) is 0. The number of amides is 2. The number of nitrogens with zero attached hydrogens (tertiary/aromatic N) is 2. The fraction of sp³-hybridized carbons (Fsp3) is 0.207. The molecule has 1 aliphatic heterocycles. The van der Waals surface area contributed by atoms with Gasteiger partial charge in [0.05, 0.1) is 11.2 Å². The quantitative estimate of drug-likeness (QED) is 0.429. The van der Waals surface area contributed by atoms with Crippen molar-refractivity contribution in [1.29, 1.82) is 0 Å². The van der Waals surface area contributed by atoms with Crippen LogP contribution in [0.25, 0.3) is 10.9 Å². The molecule has 0 saturated heterocycles. The lowest BCUT2D eigenvalue weighted by Gasteiger charge is -2.30. The molecule has 35 heavy (non-hydrogen) atoms. The molecule has 0 fully saturated rings. The van der Waals surface area contributed by atoms with Crippen molar-refractivity contribution >= 4 is 34.1 Å². The first-order valence-electron chi connectivity index (χ1n) is 11.9. The summed E-state index contributed by atoms with van der Waals surface area (Å²) in [5.41, 5.74) is 7.28. The van der Waals surface area contributed by atoms with Crippen LogP contribution in [0.4, 0.5) is 11.4 Å². The van der Waals surface area contributed by atoms with Crippen LogP contribution in [0.5, 0.6) is 0 Å². The highest BCUT2D eigenvalue weighted by Gasteiger charge is 2.17. The van der Waals surface area contributed by atoms with Gasteiger partial charge in [-0.15, -0.1) is 0 Å². The maximum Gasteiger partial charge on any atom is 0.313 e. The summed E-state index contributed by atoms with van der Waals surface area (Å²) in [4.78, 5) is 31.7. The molecule has 2 heterocycles. The fourth-order valence-electron chi connectivity index (χ4n) is 4.58.